The summed E-state index contributed by atoms with van der Waals surface area (Å²) >= 11 is 0. The van der Waals surface area contributed by atoms with E-state index in [2.05, 4.69) is 10.3 Å². The molecule has 0 spiro atoms. The topological polar surface area (TPSA) is 54.5 Å². The summed E-state index contributed by atoms with van der Waals surface area (Å²) in [7, 11) is 1.65. The number of ether oxygens (including phenoxy) is 1. The van der Waals surface area contributed by atoms with Crippen molar-refractivity contribution in [3.8, 4) is 5.75 Å². The van der Waals surface area contributed by atoms with Gasteiger partial charge in [-0.05, 0) is 62.2 Å². The minimum atomic E-state index is 0.160. The average molecular weight is 353 g/mol. The van der Waals surface area contributed by atoms with Crippen LogP contribution >= 0.6 is 0 Å². The molecule has 1 aliphatic heterocycles. The number of carbonyl (C=O) groups excluding carboxylic acids is 1. The zero-order valence-corrected chi connectivity index (χ0v) is 15.4. The fraction of sp³-hybridized carbons (Fsp3) is 0.429. The number of nitrogens with zero attached hydrogens (tertiary/aromatic N) is 2. The summed E-state index contributed by atoms with van der Waals surface area (Å²) in [4.78, 5) is 19.6. The molecule has 1 aromatic carbocycles. The molecule has 1 aromatic heterocycles. The minimum absolute atomic E-state index is 0.160. The second-order valence-electron chi connectivity index (χ2n) is 6.70. The van der Waals surface area contributed by atoms with Crippen LogP contribution in [0, 0.1) is 0 Å². The Morgan fingerprint density at radius 2 is 2.04 bits per heavy atom. The van der Waals surface area contributed by atoms with Gasteiger partial charge in [0.15, 0.2) is 0 Å². The summed E-state index contributed by atoms with van der Waals surface area (Å²) in [6.45, 7) is 2.56. The van der Waals surface area contributed by atoms with Crippen molar-refractivity contribution in [1.82, 2.24) is 15.2 Å². The van der Waals surface area contributed by atoms with Crippen LogP contribution < -0.4 is 10.1 Å². The van der Waals surface area contributed by atoms with Crippen molar-refractivity contribution >= 4 is 5.91 Å². The van der Waals surface area contributed by atoms with Crippen molar-refractivity contribution < 1.29 is 9.53 Å². The van der Waals surface area contributed by atoms with E-state index in [1.807, 2.05) is 47.4 Å². The van der Waals surface area contributed by atoms with Crippen molar-refractivity contribution in [2.24, 2.45) is 0 Å². The van der Waals surface area contributed by atoms with Crippen LogP contribution in [0.2, 0.25) is 0 Å². The monoisotopic (exact) mass is 353 g/mol. The highest BCUT2D eigenvalue weighted by atomic mass is 16.5. The first kappa shape index (κ1) is 18.4. The standard InChI is InChI=1S/C21H27N3O2/c1-26-20-9-7-17(8-10-20)15-21(25)24(16-18-5-2-3-13-23-18)19-6-4-12-22-14-11-19/h2-3,5,7-10,13,19,22H,4,6,11-12,14-16H2,1H3. The van der Waals surface area contributed by atoms with Gasteiger partial charge in [-0.15, -0.1) is 0 Å². The highest BCUT2D eigenvalue weighted by Crippen LogP contribution is 2.19. The zero-order chi connectivity index (χ0) is 18.2. The molecule has 138 valence electrons. The predicted molar refractivity (Wildman–Crippen MR) is 102 cm³/mol. The molecule has 1 aliphatic rings. The van der Waals surface area contributed by atoms with Crippen molar-refractivity contribution in [2.45, 2.75) is 38.3 Å². The summed E-state index contributed by atoms with van der Waals surface area (Å²) in [6, 6.07) is 13.9. The Hall–Kier alpha value is -2.40. The Balaban J connectivity index is 1.74. The smallest absolute Gasteiger partial charge is 0.227 e. The molecule has 2 aromatic rings. The van der Waals surface area contributed by atoms with Crippen LogP contribution in [0.25, 0.3) is 0 Å². The number of hydrogen-bond acceptors (Lipinski definition) is 4. The molecule has 1 unspecified atom stereocenters. The van der Waals surface area contributed by atoms with E-state index in [9.17, 15) is 4.79 Å². The van der Waals surface area contributed by atoms with Crippen LogP contribution in [0.4, 0.5) is 0 Å². The van der Waals surface area contributed by atoms with Crippen LogP contribution in [-0.4, -0.2) is 42.0 Å². The number of rotatable bonds is 6. The van der Waals surface area contributed by atoms with Gasteiger partial charge in [0.05, 0.1) is 25.8 Å². The van der Waals surface area contributed by atoms with Crippen molar-refractivity contribution in [1.29, 1.82) is 0 Å². The van der Waals surface area contributed by atoms with Crippen LogP contribution in [0.3, 0.4) is 0 Å². The second-order valence-corrected chi connectivity index (χ2v) is 6.70. The van der Waals surface area contributed by atoms with Gasteiger partial charge in [0.25, 0.3) is 0 Å². The van der Waals surface area contributed by atoms with Gasteiger partial charge < -0.3 is 15.0 Å². The highest BCUT2D eigenvalue weighted by Gasteiger charge is 2.25. The lowest BCUT2D eigenvalue weighted by Crippen LogP contribution is -2.41. The molecule has 0 aliphatic carbocycles. The number of aromatic nitrogens is 1. The van der Waals surface area contributed by atoms with E-state index < -0.39 is 0 Å². The maximum Gasteiger partial charge on any atom is 0.227 e. The number of pyridine rings is 1. The maximum absolute atomic E-state index is 13.1. The first-order valence-electron chi connectivity index (χ1n) is 9.29. The average Bonchev–Trinajstić information content (AvgIpc) is 2.97. The number of benzene rings is 1. The number of amides is 1. The molecule has 1 amide bonds. The number of carbonyl (C=O) groups is 1. The quantitative estimate of drug-likeness (QED) is 0.868. The highest BCUT2D eigenvalue weighted by molar-refractivity contribution is 5.79. The Labute approximate surface area is 155 Å². The summed E-state index contributed by atoms with van der Waals surface area (Å²) in [6.07, 6.45) is 5.31. The first-order valence-corrected chi connectivity index (χ1v) is 9.29. The molecule has 2 heterocycles. The second kappa shape index (κ2) is 9.34. The van der Waals surface area contributed by atoms with Gasteiger partial charge in [-0.3, -0.25) is 9.78 Å². The van der Waals surface area contributed by atoms with E-state index in [0.29, 0.717) is 13.0 Å². The molecule has 0 bridgehead atoms. The van der Waals surface area contributed by atoms with E-state index in [1.54, 1.807) is 13.3 Å². The Morgan fingerprint density at radius 3 is 2.77 bits per heavy atom. The number of methoxy groups -OCH3 is 1. The molecular weight excluding hydrogens is 326 g/mol. The fourth-order valence-electron chi connectivity index (χ4n) is 3.42. The van der Waals surface area contributed by atoms with Crippen molar-refractivity contribution in [3.05, 3.63) is 59.9 Å². The molecular formula is C21H27N3O2. The molecule has 5 heteroatoms. The largest absolute Gasteiger partial charge is 0.497 e. The van der Waals surface area contributed by atoms with Crippen LogP contribution in [0.5, 0.6) is 5.75 Å². The van der Waals surface area contributed by atoms with Crippen LogP contribution in [0.15, 0.2) is 48.7 Å². The van der Waals surface area contributed by atoms with E-state index in [0.717, 1.165) is 49.4 Å². The van der Waals surface area contributed by atoms with Gasteiger partial charge in [-0.2, -0.15) is 0 Å². The zero-order valence-electron chi connectivity index (χ0n) is 15.4. The molecule has 5 nitrogen and oxygen atoms in total. The molecule has 26 heavy (non-hydrogen) atoms. The molecule has 0 saturated carbocycles. The van der Waals surface area contributed by atoms with Crippen molar-refractivity contribution in [2.75, 3.05) is 20.2 Å². The van der Waals surface area contributed by atoms with Crippen LogP contribution in [-0.2, 0) is 17.8 Å². The minimum Gasteiger partial charge on any atom is -0.497 e. The lowest BCUT2D eigenvalue weighted by atomic mass is 10.0. The van der Waals surface area contributed by atoms with Gasteiger partial charge >= 0.3 is 0 Å². The predicted octanol–water partition coefficient (Wildman–Crippen LogP) is 2.80. The number of nitrogens with one attached hydrogen (secondary N) is 1. The van der Waals surface area contributed by atoms with E-state index >= 15 is 0 Å². The third-order valence-electron chi connectivity index (χ3n) is 4.88. The van der Waals surface area contributed by atoms with Gasteiger partial charge in [0, 0.05) is 12.2 Å². The normalized spacial score (nSPS) is 17.3. The maximum atomic E-state index is 13.1. The number of hydrogen-bond donors (Lipinski definition) is 1. The first-order chi connectivity index (χ1) is 12.8. The van der Waals surface area contributed by atoms with Gasteiger partial charge in [0.1, 0.15) is 5.75 Å². The van der Waals surface area contributed by atoms with Gasteiger partial charge in [-0.1, -0.05) is 18.2 Å². The van der Waals surface area contributed by atoms with E-state index in [4.69, 9.17) is 4.74 Å². The summed E-state index contributed by atoms with van der Waals surface area (Å²) in [5, 5.41) is 3.43. The lowest BCUT2D eigenvalue weighted by molar-refractivity contribution is -0.133. The molecule has 0 radical (unpaired) electrons. The third kappa shape index (κ3) is 5.05. The summed E-state index contributed by atoms with van der Waals surface area (Å²) < 4.78 is 5.20. The van der Waals surface area contributed by atoms with Crippen LogP contribution in [0.1, 0.15) is 30.5 Å². The van der Waals surface area contributed by atoms with E-state index in [1.165, 1.54) is 0 Å². The SMILES string of the molecule is COc1ccc(CC(=O)N(Cc2ccccn2)C2CCCNCC2)cc1. The van der Waals surface area contributed by atoms with Crippen molar-refractivity contribution in [3.63, 3.8) is 0 Å². The van der Waals surface area contributed by atoms with E-state index in [-0.39, 0.29) is 11.9 Å². The van der Waals surface area contributed by atoms with Gasteiger partial charge in [-0.25, -0.2) is 0 Å². The molecule has 3 rings (SSSR count). The molecule has 1 fully saturated rings. The molecule has 1 atom stereocenters. The Bertz CT molecular complexity index is 680. The molecule has 1 saturated heterocycles. The Morgan fingerprint density at radius 1 is 1.19 bits per heavy atom. The third-order valence-corrected chi connectivity index (χ3v) is 4.88. The molecule has 1 N–H and O–H groups in total. The Kier molecular flexibility index (Phi) is 6.61. The summed E-state index contributed by atoms with van der Waals surface area (Å²) in [5.74, 6) is 0.967. The van der Waals surface area contributed by atoms with Gasteiger partial charge in [0.2, 0.25) is 5.91 Å². The fourth-order valence-corrected chi connectivity index (χ4v) is 3.42. The lowest BCUT2D eigenvalue weighted by Gasteiger charge is -2.31. The summed E-state index contributed by atoms with van der Waals surface area (Å²) in [5.41, 5.74) is 1.95.